The molecule has 0 saturated heterocycles. The van der Waals surface area contributed by atoms with E-state index in [1.165, 1.54) is 0 Å². The molecule has 5 heteroatoms. The van der Waals surface area contributed by atoms with Gasteiger partial charge in [0.05, 0.1) is 0 Å². The summed E-state index contributed by atoms with van der Waals surface area (Å²) in [5, 5.41) is 12.9. The molecule has 1 aromatic rings. The van der Waals surface area contributed by atoms with Gasteiger partial charge in [-0.25, -0.2) is 8.42 Å². The molecule has 1 heterocycles. The number of aromatic hydroxyl groups is 1. The Hall–Kier alpha value is -1.07. The first-order valence-electron chi connectivity index (χ1n) is 5.24. The van der Waals surface area contributed by atoms with Crippen LogP contribution in [-0.4, -0.2) is 32.9 Å². The van der Waals surface area contributed by atoms with Crippen molar-refractivity contribution in [2.75, 3.05) is 19.3 Å². The van der Waals surface area contributed by atoms with E-state index in [0.717, 1.165) is 43.3 Å². The highest BCUT2D eigenvalue weighted by Gasteiger charge is 2.17. The largest absolute Gasteiger partial charge is 0.507 e. The molecule has 1 aliphatic rings. The molecule has 0 spiro atoms. The van der Waals surface area contributed by atoms with Gasteiger partial charge in [-0.2, -0.15) is 0 Å². The van der Waals surface area contributed by atoms with E-state index in [1.54, 1.807) is 12.1 Å². The highest BCUT2D eigenvalue weighted by atomic mass is 32.2. The number of phenols is 1. The van der Waals surface area contributed by atoms with Crippen LogP contribution in [0.3, 0.4) is 0 Å². The smallest absolute Gasteiger partial charge is 0.179 e. The molecule has 0 amide bonds. The van der Waals surface area contributed by atoms with Crippen LogP contribution < -0.4 is 5.32 Å². The molecule has 0 aromatic heterocycles. The number of rotatable bonds is 1. The van der Waals surface area contributed by atoms with Gasteiger partial charge in [-0.1, -0.05) is 0 Å². The Kier molecular flexibility index (Phi) is 2.90. The van der Waals surface area contributed by atoms with Crippen molar-refractivity contribution in [3.05, 3.63) is 23.3 Å². The van der Waals surface area contributed by atoms with Gasteiger partial charge in [-0.15, -0.1) is 0 Å². The maximum Gasteiger partial charge on any atom is 0.179 e. The fraction of sp³-hybridized carbons (Fsp3) is 0.455. The monoisotopic (exact) mass is 241 g/mol. The second kappa shape index (κ2) is 4.07. The van der Waals surface area contributed by atoms with E-state index in [1.807, 2.05) is 0 Å². The quantitative estimate of drug-likeness (QED) is 0.750. The van der Waals surface area contributed by atoms with E-state index in [4.69, 9.17) is 0 Å². The third-order valence-corrected chi connectivity index (χ3v) is 3.95. The van der Waals surface area contributed by atoms with Crippen LogP contribution in [0.4, 0.5) is 0 Å². The molecule has 2 N–H and O–H groups in total. The molecule has 0 saturated carbocycles. The van der Waals surface area contributed by atoms with Crippen molar-refractivity contribution in [1.29, 1.82) is 0 Å². The van der Waals surface area contributed by atoms with Crippen LogP contribution in [0.15, 0.2) is 17.0 Å². The molecular weight excluding hydrogens is 226 g/mol. The second-order valence-corrected chi connectivity index (χ2v) is 6.09. The normalized spacial score (nSPS) is 16.6. The molecule has 0 aliphatic carbocycles. The first-order chi connectivity index (χ1) is 7.48. The van der Waals surface area contributed by atoms with Gasteiger partial charge < -0.3 is 10.4 Å². The van der Waals surface area contributed by atoms with Gasteiger partial charge in [0.25, 0.3) is 0 Å². The predicted octanol–water partition coefficient (Wildman–Crippen LogP) is 0.484. The molecule has 4 nitrogen and oxygen atoms in total. The average Bonchev–Trinajstić information content (AvgIpc) is 2.39. The minimum atomic E-state index is -3.35. The predicted molar refractivity (Wildman–Crippen MR) is 61.5 cm³/mol. The van der Waals surface area contributed by atoms with Crippen molar-refractivity contribution in [1.82, 2.24) is 5.32 Å². The molecule has 1 aliphatic heterocycles. The molecule has 1 aromatic carbocycles. The first kappa shape index (κ1) is 11.4. The van der Waals surface area contributed by atoms with Gasteiger partial charge in [0.1, 0.15) is 10.6 Å². The number of nitrogens with one attached hydrogen (secondary N) is 1. The van der Waals surface area contributed by atoms with E-state index in [-0.39, 0.29) is 10.6 Å². The summed E-state index contributed by atoms with van der Waals surface area (Å²) in [6, 6.07) is 3.19. The summed E-state index contributed by atoms with van der Waals surface area (Å²) in [5.41, 5.74) is 2.05. The third kappa shape index (κ3) is 2.20. The highest BCUT2D eigenvalue weighted by Crippen LogP contribution is 2.28. The highest BCUT2D eigenvalue weighted by molar-refractivity contribution is 7.90. The van der Waals surface area contributed by atoms with Crippen LogP contribution in [0.5, 0.6) is 5.75 Å². The minimum absolute atomic E-state index is 0.0353. The summed E-state index contributed by atoms with van der Waals surface area (Å²) in [4.78, 5) is 0.0353. The lowest BCUT2D eigenvalue weighted by molar-refractivity contribution is 0.458. The average molecular weight is 241 g/mol. The summed E-state index contributed by atoms with van der Waals surface area (Å²) in [7, 11) is -3.35. The number of sulfone groups is 1. The summed E-state index contributed by atoms with van der Waals surface area (Å²) >= 11 is 0. The SMILES string of the molecule is CS(=O)(=O)c1cc2c(cc1O)CCNCC2. The summed E-state index contributed by atoms with van der Waals surface area (Å²) in [5.74, 6) is -0.136. The van der Waals surface area contributed by atoms with E-state index in [2.05, 4.69) is 5.32 Å². The van der Waals surface area contributed by atoms with Crippen LogP contribution in [0.1, 0.15) is 11.1 Å². The van der Waals surface area contributed by atoms with Gasteiger partial charge in [-0.3, -0.25) is 0 Å². The lowest BCUT2D eigenvalue weighted by Gasteiger charge is -2.09. The van der Waals surface area contributed by atoms with Crippen LogP contribution in [0.2, 0.25) is 0 Å². The first-order valence-corrected chi connectivity index (χ1v) is 7.13. The molecule has 88 valence electrons. The topological polar surface area (TPSA) is 66.4 Å². The molecule has 2 rings (SSSR count). The van der Waals surface area contributed by atoms with Crippen LogP contribution in [0, 0.1) is 0 Å². The van der Waals surface area contributed by atoms with Crippen molar-refractivity contribution >= 4 is 9.84 Å². The zero-order valence-electron chi connectivity index (χ0n) is 9.16. The Bertz CT molecular complexity index is 508. The molecule has 0 radical (unpaired) electrons. The van der Waals surface area contributed by atoms with Crippen LogP contribution in [-0.2, 0) is 22.7 Å². The van der Waals surface area contributed by atoms with Gasteiger partial charge in [0.2, 0.25) is 0 Å². The fourth-order valence-electron chi connectivity index (χ4n) is 1.99. The van der Waals surface area contributed by atoms with Crippen molar-refractivity contribution in [2.24, 2.45) is 0 Å². The van der Waals surface area contributed by atoms with Crippen molar-refractivity contribution in [2.45, 2.75) is 17.7 Å². The van der Waals surface area contributed by atoms with Gasteiger partial charge in [-0.05, 0) is 49.2 Å². The number of hydrogen-bond donors (Lipinski definition) is 2. The fourth-order valence-corrected chi connectivity index (χ4v) is 2.78. The van der Waals surface area contributed by atoms with Gasteiger partial charge >= 0.3 is 0 Å². The Morgan fingerprint density at radius 1 is 1.19 bits per heavy atom. The lowest BCUT2D eigenvalue weighted by Crippen LogP contribution is -2.16. The second-order valence-electron chi connectivity index (χ2n) is 4.11. The Morgan fingerprint density at radius 2 is 1.75 bits per heavy atom. The molecule has 0 fully saturated rings. The maximum absolute atomic E-state index is 11.4. The number of benzene rings is 1. The van der Waals surface area contributed by atoms with Crippen molar-refractivity contribution in [3.63, 3.8) is 0 Å². The van der Waals surface area contributed by atoms with E-state index in [0.29, 0.717) is 0 Å². The zero-order valence-corrected chi connectivity index (χ0v) is 9.97. The Balaban J connectivity index is 2.56. The molecular formula is C11H15NO3S. The molecule has 0 unspecified atom stereocenters. The Labute approximate surface area is 95.2 Å². The zero-order chi connectivity index (χ0) is 11.8. The molecule has 0 bridgehead atoms. The van der Waals surface area contributed by atoms with Crippen LogP contribution >= 0.6 is 0 Å². The molecule has 0 atom stereocenters. The van der Waals surface area contributed by atoms with Crippen molar-refractivity contribution < 1.29 is 13.5 Å². The summed E-state index contributed by atoms with van der Waals surface area (Å²) < 4.78 is 22.9. The third-order valence-electron chi connectivity index (χ3n) is 2.82. The maximum atomic E-state index is 11.4. The van der Waals surface area contributed by atoms with E-state index >= 15 is 0 Å². The van der Waals surface area contributed by atoms with Gasteiger partial charge in [0.15, 0.2) is 9.84 Å². The standard InChI is InChI=1S/C11H15NO3S/c1-16(14,15)11-7-9-3-5-12-4-2-8(9)6-10(11)13/h6-7,12-13H,2-5H2,1H3. The Morgan fingerprint density at radius 3 is 2.31 bits per heavy atom. The minimum Gasteiger partial charge on any atom is -0.507 e. The number of fused-ring (bicyclic) bond motifs is 1. The van der Waals surface area contributed by atoms with E-state index in [9.17, 15) is 13.5 Å². The van der Waals surface area contributed by atoms with Crippen molar-refractivity contribution in [3.8, 4) is 5.75 Å². The number of hydrogen-bond acceptors (Lipinski definition) is 4. The van der Waals surface area contributed by atoms with E-state index < -0.39 is 9.84 Å². The summed E-state index contributed by atoms with van der Waals surface area (Å²) in [6.45, 7) is 1.71. The lowest BCUT2D eigenvalue weighted by atomic mass is 10.0. The molecule has 16 heavy (non-hydrogen) atoms. The summed E-state index contributed by atoms with van der Waals surface area (Å²) in [6.07, 6.45) is 2.74. The number of phenolic OH excluding ortho intramolecular Hbond substituents is 1. The van der Waals surface area contributed by atoms with Crippen LogP contribution in [0.25, 0.3) is 0 Å². The van der Waals surface area contributed by atoms with Gasteiger partial charge in [0, 0.05) is 6.26 Å².